The molecule has 150 valence electrons. The first-order chi connectivity index (χ1) is 13.6. The summed E-state index contributed by atoms with van der Waals surface area (Å²) in [6.07, 6.45) is 10.0. The van der Waals surface area contributed by atoms with Crippen LogP contribution in [0.5, 0.6) is 6.01 Å². The molecule has 1 fully saturated rings. The summed E-state index contributed by atoms with van der Waals surface area (Å²) >= 11 is 0. The number of hydrogen-bond donors (Lipinski definition) is 4. The Morgan fingerprint density at radius 1 is 1.29 bits per heavy atom. The fourth-order valence-corrected chi connectivity index (χ4v) is 3.52. The van der Waals surface area contributed by atoms with Crippen LogP contribution in [0.1, 0.15) is 25.7 Å². The largest absolute Gasteiger partial charge is 0.508 e. The summed E-state index contributed by atoms with van der Waals surface area (Å²) < 4.78 is 11.6. The molecule has 3 heterocycles. The SMILES string of the molecule is Nc1nc(OCCC2=CCC=C(O)C=C2)nc2c1NCN2C1CC[C@@H](CO)O1. The van der Waals surface area contributed by atoms with Gasteiger partial charge in [0.15, 0.2) is 11.6 Å². The molecule has 1 saturated heterocycles. The van der Waals surface area contributed by atoms with Crippen LogP contribution in [-0.4, -0.2) is 52.4 Å². The van der Waals surface area contributed by atoms with Crippen molar-refractivity contribution in [3.63, 3.8) is 0 Å². The van der Waals surface area contributed by atoms with E-state index < -0.39 is 0 Å². The molecule has 0 amide bonds. The smallest absolute Gasteiger partial charge is 0.320 e. The van der Waals surface area contributed by atoms with Gasteiger partial charge in [0.25, 0.3) is 0 Å². The van der Waals surface area contributed by atoms with E-state index in [1.807, 2.05) is 17.1 Å². The molecular weight excluding hydrogens is 362 g/mol. The molecule has 1 aromatic heterocycles. The Hall–Kier alpha value is -2.78. The van der Waals surface area contributed by atoms with Gasteiger partial charge in [0, 0.05) is 6.42 Å². The number of ether oxygens (including phenoxy) is 2. The van der Waals surface area contributed by atoms with Gasteiger partial charge < -0.3 is 35.6 Å². The minimum absolute atomic E-state index is 0.0164. The standard InChI is InChI=1S/C19H25N5O4/c20-17-16-18(24(11-21-16)15-7-6-14(10-25)28-15)23-19(22-17)27-9-8-12-2-1-3-13(26)5-4-12/h2-5,14-15,21,25-26H,1,6-11H2,(H2,20,22,23)/t14-,15?/m0/s1. The number of aliphatic hydroxyl groups excluding tert-OH is 2. The van der Waals surface area contributed by atoms with Crippen LogP contribution in [0.4, 0.5) is 17.3 Å². The monoisotopic (exact) mass is 387 g/mol. The van der Waals surface area contributed by atoms with Crippen LogP contribution in [0.25, 0.3) is 0 Å². The molecule has 9 heteroatoms. The third kappa shape index (κ3) is 3.90. The van der Waals surface area contributed by atoms with Crippen LogP contribution in [0.15, 0.2) is 35.6 Å². The van der Waals surface area contributed by atoms with Crippen molar-refractivity contribution in [1.82, 2.24) is 9.97 Å². The number of aromatic nitrogens is 2. The predicted molar refractivity (Wildman–Crippen MR) is 105 cm³/mol. The maximum atomic E-state index is 9.52. The molecule has 0 aromatic carbocycles. The number of anilines is 3. The maximum absolute atomic E-state index is 9.52. The summed E-state index contributed by atoms with van der Waals surface area (Å²) in [5, 5.41) is 22.0. The van der Waals surface area contributed by atoms with Crippen LogP contribution in [0.3, 0.4) is 0 Å². The van der Waals surface area contributed by atoms with E-state index >= 15 is 0 Å². The molecule has 5 N–H and O–H groups in total. The van der Waals surface area contributed by atoms with Gasteiger partial charge in [-0.3, -0.25) is 0 Å². The number of fused-ring (bicyclic) bond motifs is 1. The molecule has 2 aliphatic heterocycles. The molecule has 1 aliphatic carbocycles. The summed E-state index contributed by atoms with van der Waals surface area (Å²) in [7, 11) is 0. The average Bonchev–Trinajstić information content (AvgIpc) is 3.27. The second-order valence-electron chi connectivity index (χ2n) is 6.94. The van der Waals surface area contributed by atoms with E-state index in [1.165, 1.54) is 0 Å². The van der Waals surface area contributed by atoms with Crippen molar-refractivity contribution in [3.05, 3.63) is 35.6 Å². The van der Waals surface area contributed by atoms with Gasteiger partial charge in [-0.1, -0.05) is 12.2 Å². The fourth-order valence-electron chi connectivity index (χ4n) is 3.52. The zero-order valence-electron chi connectivity index (χ0n) is 15.5. The van der Waals surface area contributed by atoms with Gasteiger partial charge >= 0.3 is 6.01 Å². The van der Waals surface area contributed by atoms with E-state index in [-0.39, 0.29) is 30.7 Å². The first-order valence-corrected chi connectivity index (χ1v) is 9.47. The zero-order valence-corrected chi connectivity index (χ0v) is 15.5. The normalized spacial score (nSPS) is 23.7. The van der Waals surface area contributed by atoms with Crippen LogP contribution in [-0.2, 0) is 4.74 Å². The van der Waals surface area contributed by atoms with E-state index in [9.17, 15) is 10.2 Å². The number of nitrogens with one attached hydrogen (secondary N) is 1. The van der Waals surface area contributed by atoms with Crippen molar-refractivity contribution < 1.29 is 19.7 Å². The van der Waals surface area contributed by atoms with Crippen molar-refractivity contribution in [2.45, 2.75) is 38.0 Å². The van der Waals surface area contributed by atoms with E-state index in [0.29, 0.717) is 43.4 Å². The van der Waals surface area contributed by atoms with Crippen LogP contribution >= 0.6 is 0 Å². The predicted octanol–water partition coefficient (Wildman–Crippen LogP) is 1.84. The summed E-state index contributed by atoms with van der Waals surface area (Å²) in [6.45, 7) is 0.937. The Bertz CT molecular complexity index is 823. The molecular formula is C19H25N5O4. The molecule has 0 radical (unpaired) electrons. The lowest BCUT2D eigenvalue weighted by molar-refractivity contribution is 0.0114. The van der Waals surface area contributed by atoms with Gasteiger partial charge in [0.1, 0.15) is 17.7 Å². The molecule has 28 heavy (non-hydrogen) atoms. The quantitative estimate of drug-likeness (QED) is 0.578. The second-order valence-corrected chi connectivity index (χ2v) is 6.94. The highest BCUT2D eigenvalue weighted by Gasteiger charge is 2.35. The molecule has 0 saturated carbocycles. The number of rotatable bonds is 6. The number of nitrogens with zero attached hydrogens (tertiary/aromatic N) is 3. The minimum atomic E-state index is -0.158. The average molecular weight is 387 g/mol. The molecule has 0 spiro atoms. The number of hydrogen-bond acceptors (Lipinski definition) is 9. The Morgan fingerprint density at radius 2 is 2.18 bits per heavy atom. The fraction of sp³-hybridized carbons (Fsp3) is 0.474. The third-order valence-corrected chi connectivity index (χ3v) is 5.03. The van der Waals surface area contributed by atoms with Gasteiger partial charge in [-0.15, -0.1) is 0 Å². The number of nitrogen functional groups attached to an aromatic ring is 1. The summed E-state index contributed by atoms with van der Waals surface area (Å²) in [5.74, 6) is 1.27. The lowest BCUT2D eigenvalue weighted by Gasteiger charge is -2.24. The minimum Gasteiger partial charge on any atom is -0.508 e. The Balaban J connectivity index is 1.41. The van der Waals surface area contributed by atoms with Gasteiger partial charge in [-0.2, -0.15) is 9.97 Å². The van der Waals surface area contributed by atoms with Gasteiger partial charge in [0.05, 0.1) is 26.0 Å². The van der Waals surface area contributed by atoms with Gasteiger partial charge in [-0.25, -0.2) is 0 Å². The second kappa shape index (κ2) is 8.07. The highest BCUT2D eigenvalue weighted by Crippen LogP contribution is 2.38. The first-order valence-electron chi connectivity index (χ1n) is 9.47. The van der Waals surface area contributed by atoms with Crippen molar-refractivity contribution in [3.8, 4) is 6.01 Å². The number of allylic oxidation sites excluding steroid dienone is 4. The zero-order chi connectivity index (χ0) is 19.5. The van der Waals surface area contributed by atoms with Crippen molar-refractivity contribution in [2.75, 3.05) is 35.8 Å². The van der Waals surface area contributed by atoms with E-state index in [1.54, 1.807) is 12.2 Å². The molecule has 4 rings (SSSR count). The molecule has 2 atom stereocenters. The highest BCUT2D eigenvalue weighted by molar-refractivity contribution is 5.80. The summed E-state index contributed by atoms with van der Waals surface area (Å²) in [4.78, 5) is 10.7. The van der Waals surface area contributed by atoms with Crippen LogP contribution < -0.4 is 20.7 Å². The lowest BCUT2D eigenvalue weighted by Crippen LogP contribution is -2.36. The summed E-state index contributed by atoms with van der Waals surface area (Å²) in [6, 6.07) is 0.223. The molecule has 3 aliphatic rings. The molecule has 1 aromatic rings. The Kier molecular flexibility index (Phi) is 5.36. The molecule has 1 unspecified atom stereocenters. The Labute approximate surface area is 163 Å². The lowest BCUT2D eigenvalue weighted by atomic mass is 10.1. The number of aliphatic hydroxyl groups is 2. The van der Waals surface area contributed by atoms with Crippen molar-refractivity contribution in [2.24, 2.45) is 0 Å². The van der Waals surface area contributed by atoms with Gasteiger partial charge in [-0.05, 0) is 37.0 Å². The van der Waals surface area contributed by atoms with Crippen molar-refractivity contribution >= 4 is 17.3 Å². The third-order valence-electron chi connectivity index (χ3n) is 5.03. The van der Waals surface area contributed by atoms with Crippen LogP contribution in [0.2, 0.25) is 0 Å². The summed E-state index contributed by atoms with van der Waals surface area (Å²) in [5.41, 5.74) is 7.84. The van der Waals surface area contributed by atoms with E-state index in [0.717, 1.165) is 18.4 Å². The first kappa shape index (κ1) is 18.6. The maximum Gasteiger partial charge on any atom is 0.320 e. The molecule has 0 bridgehead atoms. The topological polar surface area (TPSA) is 126 Å². The molecule has 9 nitrogen and oxygen atoms in total. The highest BCUT2D eigenvalue weighted by atomic mass is 16.5. The van der Waals surface area contributed by atoms with E-state index in [2.05, 4.69) is 15.3 Å². The Morgan fingerprint density at radius 3 is 3.00 bits per heavy atom. The number of nitrogens with two attached hydrogens (primary N) is 1. The van der Waals surface area contributed by atoms with Crippen LogP contribution in [0, 0.1) is 0 Å². The van der Waals surface area contributed by atoms with Gasteiger partial charge in [0.2, 0.25) is 0 Å². The van der Waals surface area contributed by atoms with Crippen molar-refractivity contribution in [1.29, 1.82) is 0 Å². The van der Waals surface area contributed by atoms with E-state index in [4.69, 9.17) is 15.2 Å².